The molecule has 2 aromatic heterocycles. The number of aliphatic hydroxyl groups is 1. The van der Waals surface area contributed by atoms with E-state index < -0.39 is 0 Å². The van der Waals surface area contributed by atoms with Crippen LogP contribution >= 0.6 is 0 Å². The molecule has 4 rings (SSSR count). The number of piperidine rings is 1. The predicted octanol–water partition coefficient (Wildman–Crippen LogP) is 2.45. The first-order chi connectivity index (χ1) is 13.6. The average molecular weight is 383 g/mol. The van der Waals surface area contributed by atoms with Crippen molar-refractivity contribution in [3.8, 4) is 17.1 Å². The number of ether oxygens (including phenoxy) is 1. The molecule has 1 saturated heterocycles. The molecule has 0 radical (unpaired) electrons. The molecule has 3 N–H and O–H groups in total. The van der Waals surface area contributed by atoms with Crippen molar-refractivity contribution in [3.05, 3.63) is 29.7 Å². The third-order valence-corrected chi connectivity index (χ3v) is 6.53. The number of nitrogens with two attached hydrogens (primary N) is 1. The van der Waals surface area contributed by atoms with Gasteiger partial charge < -0.3 is 20.5 Å². The maximum Gasteiger partial charge on any atom is 0.222 e. The minimum absolute atomic E-state index is 0.153. The van der Waals surface area contributed by atoms with Crippen LogP contribution in [0, 0.1) is 12.3 Å². The monoisotopic (exact) mass is 383 g/mol. The van der Waals surface area contributed by atoms with Crippen LogP contribution in [-0.2, 0) is 6.61 Å². The fourth-order valence-electron chi connectivity index (χ4n) is 4.84. The number of aryl methyl sites for hydroxylation is 1. The van der Waals surface area contributed by atoms with E-state index in [1.165, 1.54) is 12.8 Å². The Morgan fingerprint density at radius 1 is 1.29 bits per heavy atom. The Hall–Kier alpha value is -2.25. The van der Waals surface area contributed by atoms with E-state index in [0.29, 0.717) is 28.7 Å². The van der Waals surface area contributed by atoms with E-state index in [4.69, 9.17) is 20.4 Å². The molecule has 1 aliphatic heterocycles. The van der Waals surface area contributed by atoms with Gasteiger partial charge in [0.15, 0.2) is 5.82 Å². The normalized spacial score (nSPS) is 21.3. The molecule has 0 bridgehead atoms. The second-order valence-electron chi connectivity index (χ2n) is 7.99. The molecule has 1 saturated carbocycles. The van der Waals surface area contributed by atoms with Crippen LogP contribution in [0.1, 0.15) is 43.5 Å². The Bertz CT molecular complexity index is 849. The first-order valence-electron chi connectivity index (χ1n) is 10.1. The lowest BCUT2D eigenvalue weighted by Crippen LogP contribution is -2.47. The van der Waals surface area contributed by atoms with E-state index in [2.05, 4.69) is 9.88 Å². The molecule has 7 nitrogen and oxygen atoms in total. The van der Waals surface area contributed by atoms with Crippen molar-refractivity contribution in [2.75, 3.05) is 25.1 Å². The number of aliphatic hydroxyl groups excluding tert-OH is 1. The minimum atomic E-state index is -0.153. The summed E-state index contributed by atoms with van der Waals surface area (Å²) in [5, 5.41) is 9.99. The minimum Gasteiger partial charge on any atom is -0.481 e. The van der Waals surface area contributed by atoms with Gasteiger partial charge in [-0.15, -0.1) is 0 Å². The summed E-state index contributed by atoms with van der Waals surface area (Å²) >= 11 is 0. The molecule has 28 heavy (non-hydrogen) atoms. The molecule has 3 heterocycles. The molecule has 7 heteroatoms. The van der Waals surface area contributed by atoms with E-state index in [1.807, 2.05) is 19.1 Å². The average Bonchev–Trinajstić information content (AvgIpc) is 3.08. The molecule has 1 aliphatic carbocycles. The van der Waals surface area contributed by atoms with Crippen LogP contribution in [0.2, 0.25) is 0 Å². The zero-order valence-electron chi connectivity index (χ0n) is 16.7. The molecule has 0 amide bonds. The Morgan fingerprint density at radius 3 is 2.71 bits per heavy atom. The van der Waals surface area contributed by atoms with Gasteiger partial charge in [-0.3, -0.25) is 0 Å². The van der Waals surface area contributed by atoms with Crippen LogP contribution in [0.4, 0.5) is 5.82 Å². The molecular weight excluding hydrogens is 354 g/mol. The van der Waals surface area contributed by atoms with Crippen LogP contribution in [0.3, 0.4) is 0 Å². The topological polar surface area (TPSA) is 97.4 Å². The molecular formula is C21H29N5O2. The largest absolute Gasteiger partial charge is 0.481 e. The van der Waals surface area contributed by atoms with E-state index in [-0.39, 0.29) is 6.61 Å². The Morgan fingerprint density at radius 2 is 2.07 bits per heavy atom. The van der Waals surface area contributed by atoms with E-state index in [0.717, 1.165) is 49.4 Å². The third-order valence-electron chi connectivity index (χ3n) is 6.53. The molecule has 0 aromatic carbocycles. The lowest BCUT2D eigenvalue weighted by atomic mass is 9.74. The zero-order valence-corrected chi connectivity index (χ0v) is 16.7. The molecule has 2 aromatic rings. The van der Waals surface area contributed by atoms with Crippen LogP contribution in [0.5, 0.6) is 5.88 Å². The van der Waals surface area contributed by atoms with Crippen LogP contribution in [0.25, 0.3) is 11.3 Å². The number of rotatable bonds is 4. The summed E-state index contributed by atoms with van der Waals surface area (Å²) < 4.78 is 5.37. The number of aromatic nitrogens is 3. The highest BCUT2D eigenvalue weighted by atomic mass is 16.5. The Labute approximate surface area is 166 Å². The van der Waals surface area contributed by atoms with E-state index in [1.54, 1.807) is 13.3 Å². The van der Waals surface area contributed by atoms with Gasteiger partial charge >= 0.3 is 0 Å². The van der Waals surface area contributed by atoms with Gasteiger partial charge in [-0.25, -0.2) is 15.0 Å². The SMILES string of the molecule is COc1ncccc1-c1nc(CO)c(N2CCC3(CCCC3N)CC2)nc1C. The highest BCUT2D eigenvalue weighted by Crippen LogP contribution is 2.46. The number of hydrogen-bond acceptors (Lipinski definition) is 7. The molecule has 1 spiro atoms. The second kappa shape index (κ2) is 7.64. The number of methoxy groups -OCH3 is 1. The van der Waals surface area contributed by atoms with Gasteiger partial charge in [-0.05, 0) is 50.2 Å². The number of hydrogen-bond donors (Lipinski definition) is 2. The standard InChI is InChI=1S/C21H29N5O2/c1-14-18(15-5-4-10-23-20(15)28-2)25-16(13-27)19(24-14)26-11-8-21(9-12-26)7-3-6-17(21)22/h4-5,10,17,27H,3,6-9,11-13,22H2,1-2H3. The smallest absolute Gasteiger partial charge is 0.222 e. The summed E-state index contributed by atoms with van der Waals surface area (Å²) in [4.78, 5) is 16.1. The fraction of sp³-hybridized carbons (Fsp3) is 0.571. The summed E-state index contributed by atoms with van der Waals surface area (Å²) in [5.74, 6) is 1.29. The summed E-state index contributed by atoms with van der Waals surface area (Å²) in [5.41, 5.74) is 9.59. The van der Waals surface area contributed by atoms with Crippen molar-refractivity contribution >= 4 is 5.82 Å². The molecule has 1 unspecified atom stereocenters. The molecule has 1 atom stereocenters. The molecule has 150 valence electrons. The van der Waals surface area contributed by atoms with Crippen molar-refractivity contribution in [2.24, 2.45) is 11.1 Å². The maximum absolute atomic E-state index is 9.99. The van der Waals surface area contributed by atoms with Gasteiger partial charge in [-0.1, -0.05) is 6.42 Å². The number of anilines is 1. The predicted molar refractivity (Wildman–Crippen MR) is 108 cm³/mol. The van der Waals surface area contributed by atoms with Gasteiger partial charge in [0.05, 0.1) is 30.7 Å². The zero-order chi connectivity index (χ0) is 19.7. The van der Waals surface area contributed by atoms with Crippen molar-refractivity contribution in [2.45, 2.75) is 51.7 Å². The quantitative estimate of drug-likeness (QED) is 0.837. The number of pyridine rings is 1. The fourth-order valence-corrected chi connectivity index (χ4v) is 4.84. The van der Waals surface area contributed by atoms with E-state index >= 15 is 0 Å². The third kappa shape index (κ3) is 3.22. The maximum atomic E-state index is 9.99. The van der Waals surface area contributed by atoms with Crippen molar-refractivity contribution < 1.29 is 9.84 Å². The van der Waals surface area contributed by atoms with Gasteiger partial charge in [0, 0.05) is 25.3 Å². The highest BCUT2D eigenvalue weighted by molar-refractivity contribution is 5.68. The van der Waals surface area contributed by atoms with E-state index in [9.17, 15) is 5.11 Å². The van der Waals surface area contributed by atoms with Gasteiger partial charge in [0.25, 0.3) is 0 Å². The summed E-state index contributed by atoms with van der Waals surface area (Å²) in [6.45, 7) is 3.60. The van der Waals surface area contributed by atoms with Crippen molar-refractivity contribution in [1.29, 1.82) is 0 Å². The van der Waals surface area contributed by atoms with Gasteiger partial charge in [0.1, 0.15) is 5.69 Å². The first kappa shape index (κ1) is 19.1. The van der Waals surface area contributed by atoms with Crippen LogP contribution in [-0.4, -0.2) is 46.3 Å². The second-order valence-corrected chi connectivity index (χ2v) is 7.99. The lowest BCUT2D eigenvalue weighted by Gasteiger charge is -2.42. The van der Waals surface area contributed by atoms with Crippen LogP contribution in [0.15, 0.2) is 18.3 Å². The number of nitrogens with zero attached hydrogens (tertiary/aromatic N) is 4. The van der Waals surface area contributed by atoms with Crippen molar-refractivity contribution in [1.82, 2.24) is 15.0 Å². The molecule has 2 aliphatic rings. The summed E-state index contributed by atoms with van der Waals surface area (Å²) in [7, 11) is 1.59. The lowest BCUT2D eigenvalue weighted by molar-refractivity contribution is 0.196. The first-order valence-corrected chi connectivity index (χ1v) is 10.1. The summed E-state index contributed by atoms with van der Waals surface area (Å²) in [6.07, 6.45) is 7.46. The van der Waals surface area contributed by atoms with Gasteiger partial charge in [0.2, 0.25) is 5.88 Å². The van der Waals surface area contributed by atoms with Crippen LogP contribution < -0.4 is 15.4 Å². The van der Waals surface area contributed by atoms with Crippen molar-refractivity contribution in [3.63, 3.8) is 0 Å². The summed E-state index contributed by atoms with van der Waals surface area (Å²) in [6, 6.07) is 4.08. The van der Waals surface area contributed by atoms with Gasteiger partial charge in [-0.2, -0.15) is 0 Å². The Balaban J connectivity index is 1.63. The molecule has 2 fully saturated rings. The Kier molecular flexibility index (Phi) is 5.21. The highest BCUT2D eigenvalue weighted by Gasteiger charge is 2.43.